The van der Waals surface area contributed by atoms with E-state index in [4.69, 9.17) is 4.74 Å². The molecule has 1 heterocycles. The van der Waals surface area contributed by atoms with Gasteiger partial charge in [-0.3, -0.25) is 4.79 Å². The molecule has 3 nitrogen and oxygen atoms in total. The van der Waals surface area contributed by atoms with Crippen molar-refractivity contribution in [1.29, 1.82) is 0 Å². The maximum Gasteiger partial charge on any atom is 0.308 e. The Labute approximate surface area is 92.3 Å². The Kier molecular flexibility index (Phi) is 3.57. The molecular formula is C9H15IO3. The maximum atomic E-state index is 11.0. The predicted molar refractivity (Wildman–Crippen MR) is 58.0 cm³/mol. The van der Waals surface area contributed by atoms with E-state index in [9.17, 15) is 4.79 Å². The van der Waals surface area contributed by atoms with Crippen molar-refractivity contribution in [3.63, 3.8) is 0 Å². The third-order valence-corrected chi connectivity index (χ3v) is 4.33. The van der Waals surface area contributed by atoms with Crippen LogP contribution in [0.25, 0.3) is 0 Å². The maximum absolute atomic E-state index is 11.0. The summed E-state index contributed by atoms with van der Waals surface area (Å²) in [5.41, 5.74) is -0.112. The minimum absolute atomic E-state index is 0.0318. The minimum Gasteiger partial charge on any atom is -0.469 e. The fraction of sp³-hybridized carbons (Fsp3) is 0.889. The molecule has 4 heteroatoms. The highest BCUT2D eigenvalue weighted by molar-refractivity contribution is 14.1. The van der Waals surface area contributed by atoms with Gasteiger partial charge in [0.25, 0.3) is 0 Å². The topological polar surface area (TPSA) is 35.5 Å². The summed E-state index contributed by atoms with van der Waals surface area (Å²) in [7, 11) is 1.41. The molecule has 0 amide bonds. The number of carbonyl (C=O) groups is 1. The van der Waals surface area contributed by atoms with Gasteiger partial charge in [0.15, 0.2) is 0 Å². The number of carbonyl (C=O) groups excluding carboxylic acids is 1. The van der Waals surface area contributed by atoms with Crippen LogP contribution in [-0.2, 0) is 14.3 Å². The lowest BCUT2D eigenvalue weighted by atomic mass is 10.0. The van der Waals surface area contributed by atoms with Gasteiger partial charge >= 0.3 is 5.97 Å². The first-order valence-electron chi connectivity index (χ1n) is 4.34. The van der Waals surface area contributed by atoms with Crippen LogP contribution in [-0.4, -0.2) is 28.7 Å². The van der Waals surface area contributed by atoms with E-state index in [2.05, 4.69) is 41.2 Å². The van der Waals surface area contributed by atoms with Gasteiger partial charge < -0.3 is 9.47 Å². The lowest BCUT2D eigenvalue weighted by Gasteiger charge is -2.21. The fourth-order valence-corrected chi connectivity index (χ4v) is 2.17. The summed E-state index contributed by atoms with van der Waals surface area (Å²) in [6.45, 7) is 4.11. The molecule has 1 rings (SSSR count). The minimum atomic E-state index is -0.189. The molecule has 0 aromatic heterocycles. The monoisotopic (exact) mass is 298 g/mol. The standard InChI is InChI=1S/C9H15IO3/c1-9(2)7(10)4-6(13-9)5-8(11)12-3/h6-7H,4-5H2,1-3H3. The third-order valence-electron chi connectivity index (χ3n) is 2.32. The van der Waals surface area contributed by atoms with Gasteiger partial charge in [-0.05, 0) is 20.3 Å². The number of ether oxygens (including phenoxy) is 2. The molecule has 1 saturated heterocycles. The van der Waals surface area contributed by atoms with Crippen LogP contribution in [0.5, 0.6) is 0 Å². The summed E-state index contributed by atoms with van der Waals surface area (Å²) >= 11 is 2.37. The average molecular weight is 298 g/mol. The SMILES string of the molecule is COC(=O)CC1CC(I)C(C)(C)O1. The van der Waals surface area contributed by atoms with Gasteiger partial charge in [0, 0.05) is 3.92 Å². The largest absolute Gasteiger partial charge is 0.469 e. The molecule has 1 aliphatic heterocycles. The van der Waals surface area contributed by atoms with Crippen LogP contribution in [0.2, 0.25) is 0 Å². The average Bonchev–Trinajstić information content (AvgIpc) is 2.25. The van der Waals surface area contributed by atoms with Gasteiger partial charge in [-0.25, -0.2) is 0 Å². The second-order valence-corrected chi connectivity index (χ2v) is 5.33. The highest BCUT2D eigenvalue weighted by Crippen LogP contribution is 2.36. The highest BCUT2D eigenvalue weighted by Gasteiger charge is 2.40. The molecule has 0 aromatic rings. The molecule has 0 aromatic carbocycles. The van der Waals surface area contributed by atoms with Gasteiger partial charge in [-0.1, -0.05) is 22.6 Å². The van der Waals surface area contributed by atoms with Gasteiger partial charge in [0.05, 0.1) is 25.2 Å². The zero-order chi connectivity index (χ0) is 10.1. The molecule has 0 saturated carbocycles. The van der Waals surface area contributed by atoms with Crippen molar-refractivity contribution in [1.82, 2.24) is 0 Å². The lowest BCUT2D eigenvalue weighted by molar-refractivity contribution is -0.144. The van der Waals surface area contributed by atoms with E-state index in [0.29, 0.717) is 10.3 Å². The summed E-state index contributed by atoms with van der Waals surface area (Å²) in [5, 5.41) is 0. The summed E-state index contributed by atoms with van der Waals surface area (Å²) in [5.74, 6) is -0.189. The van der Waals surface area contributed by atoms with Gasteiger partial charge in [-0.2, -0.15) is 0 Å². The van der Waals surface area contributed by atoms with Gasteiger partial charge in [0.2, 0.25) is 0 Å². The molecular weight excluding hydrogens is 283 g/mol. The Balaban J connectivity index is 2.45. The summed E-state index contributed by atoms with van der Waals surface area (Å²) < 4.78 is 10.8. The quantitative estimate of drug-likeness (QED) is 0.444. The molecule has 1 aliphatic rings. The normalized spacial score (nSPS) is 31.7. The van der Waals surface area contributed by atoms with Crippen molar-refractivity contribution in [2.24, 2.45) is 0 Å². The van der Waals surface area contributed by atoms with Crippen LogP contribution in [0, 0.1) is 0 Å². The molecule has 0 radical (unpaired) electrons. The third kappa shape index (κ3) is 2.80. The van der Waals surface area contributed by atoms with Crippen molar-refractivity contribution in [3.8, 4) is 0 Å². The Morgan fingerprint density at radius 2 is 2.31 bits per heavy atom. The first-order valence-corrected chi connectivity index (χ1v) is 5.59. The molecule has 76 valence electrons. The van der Waals surface area contributed by atoms with E-state index in [1.165, 1.54) is 7.11 Å². The Hall–Kier alpha value is 0.160. The Morgan fingerprint density at radius 1 is 1.69 bits per heavy atom. The molecule has 0 N–H and O–H groups in total. The Morgan fingerprint density at radius 3 is 2.69 bits per heavy atom. The van der Waals surface area contributed by atoms with Crippen molar-refractivity contribution in [3.05, 3.63) is 0 Å². The van der Waals surface area contributed by atoms with E-state index in [-0.39, 0.29) is 17.7 Å². The predicted octanol–water partition coefficient (Wildman–Crippen LogP) is 1.92. The molecule has 1 fully saturated rings. The van der Waals surface area contributed by atoms with Crippen LogP contribution in [0.15, 0.2) is 0 Å². The highest BCUT2D eigenvalue weighted by atomic mass is 127. The second-order valence-electron chi connectivity index (χ2n) is 3.83. The summed E-state index contributed by atoms with van der Waals surface area (Å²) in [4.78, 5) is 11.0. The first kappa shape index (κ1) is 11.2. The van der Waals surface area contributed by atoms with Gasteiger partial charge in [0.1, 0.15) is 0 Å². The van der Waals surface area contributed by atoms with Crippen LogP contribution < -0.4 is 0 Å². The van der Waals surface area contributed by atoms with E-state index in [1.54, 1.807) is 0 Å². The van der Waals surface area contributed by atoms with Crippen LogP contribution in [0.1, 0.15) is 26.7 Å². The molecule has 0 aliphatic carbocycles. The number of hydrogen-bond acceptors (Lipinski definition) is 3. The molecule has 2 unspecified atom stereocenters. The van der Waals surface area contributed by atoms with E-state index < -0.39 is 0 Å². The van der Waals surface area contributed by atoms with E-state index in [1.807, 2.05) is 0 Å². The second kappa shape index (κ2) is 4.13. The fourth-order valence-electron chi connectivity index (χ4n) is 1.46. The first-order chi connectivity index (χ1) is 5.95. The molecule has 0 spiro atoms. The lowest BCUT2D eigenvalue weighted by Crippen LogP contribution is -2.28. The molecule has 13 heavy (non-hydrogen) atoms. The number of alkyl halides is 1. The zero-order valence-corrected chi connectivity index (χ0v) is 10.3. The summed E-state index contributed by atoms with van der Waals surface area (Å²) in [6, 6.07) is 0. The Bertz CT molecular complexity index is 203. The van der Waals surface area contributed by atoms with E-state index in [0.717, 1.165) is 6.42 Å². The van der Waals surface area contributed by atoms with Crippen molar-refractivity contribution in [2.75, 3.05) is 7.11 Å². The number of rotatable bonds is 2. The zero-order valence-electron chi connectivity index (χ0n) is 8.17. The number of halogens is 1. The summed E-state index contributed by atoms with van der Waals surface area (Å²) in [6.07, 6.45) is 1.34. The van der Waals surface area contributed by atoms with Crippen LogP contribution in [0.4, 0.5) is 0 Å². The van der Waals surface area contributed by atoms with Crippen LogP contribution >= 0.6 is 22.6 Å². The number of hydrogen-bond donors (Lipinski definition) is 0. The van der Waals surface area contributed by atoms with Crippen molar-refractivity contribution < 1.29 is 14.3 Å². The molecule has 0 bridgehead atoms. The number of esters is 1. The van der Waals surface area contributed by atoms with E-state index >= 15 is 0 Å². The van der Waals surface area contributed by atoms with Crippen molar-refractivity contribution >= 4 is 28.6 Å². The number of methoxy groups -OCH3 is 1. The molecule has 2 atom stereocenters. The van der Waals surface area contributed by atoms with Crippen molar-refractivity contribution in [2.45, 2.75) is 42.3 Å². The smallest absolute Gasteiger partial charge is 0.308 e. The van der Waals surface area contributed by atoms with Crippen LogP contribution in [0.3, 0.4) is 0 Å². The van der Waals surface area contributed by atoms with Gasteiger partial charge in [-0.15, -0.1) is 0 Å².